The molecule has 0 spiro atoms. The van der Waals surface area contributed by atoms with Gasteiger partial charge in [0.1, 0.15) is 0 Å². The summed E-state index contributed by atoms with van der Waals surface area (Å²) in [6, 6.07) is 8.06. The van der Waals surface area contributed by atoms with E-state index in [0.29, 0.717) is 0 Å². The van der Waals surface area contributed by atoms with Crippen molar-refractivity contribution in [2.45, 2.75) is 6.92 Å². The number of nitrogens with zero attached hydrogens (tertiary/aromatic N) is 1. The van der Waals surface area contributed by atoms with Crippen LogP contribution in [0.3, 0.4) is 0 Å². The third kappa shape index (κ3) is 2.91. The van der Waals surface area contributed by atoms with Gasteiger partial charge in [-0.1, -0.05) is 30.3 Å². The third-order valence-corrected chi connectivity index (χ3v) is 1.83. The number of carbonyl (C=O) groups excluding carboxylic acids is 1. The Morgan fingerprint density at radius 3 is 2.56 bits per heavy atom. The van der Waals surface area contributed by atoms with Gasteiger partial charge in [0.25, 0.3) is 5.78 Å². The fraction of sp³-hybridized carbons (Fsp3) is 0.182. The zero-order chi connectivity index (χ0) is 12.0. The predicted octanol–water partition coefficient (Wildman–Crippen LogP) is 2.02. The Morgan fingerprint density at radius 1 is 1.44 bits per heavy atom. The first-order valence-electron chi connectivity index (χ1n) is 4.72. The van der Waals surface area contributed by atoms with Crippen molar-refractivity contribution in [2.24, 2.45) is 0 Å². The van der Waals surface area contributed by atoms with Gasteiger partial charge in [-0.15, -0.1) is 0 Å². The van der Waals surface area contributed by atoms with E-state index in [1.165, 1.54) is 12.1 Å². The topological polar surface area (TPSA) is 69.4 Å². The molecule has 0 aliphatic carbocycles. The van der Waals surface area contributed by atoms with E-state index in [4.69, 9.17) is 4.74 Å². The average Bonchev–Trinajstić information content (AvgIpc) is 2.30. The molecule has 0 unspecified atom stereocenters. The first-order chi connectivity index (χ1) is 7.66. The molecular weight excluding hydrogens is 210 g/mol. The maximum Gasteiger partial charge on any atom is 0.350 e. The van der Waals surface area contributed by atoms with E-state index in [9.17, 15) is 14.9 Å². The molecule has 0 aliphatic heterocycles. The van der Waals surface area contributed by atoms with E-state index in [1.807, 2.05) is 0 Å². The molecule has 0 saturated carbocycles. The summed E-state index contributed by atoms with van der Waals surface area (Å²) in [6.07, 6.45) is 0.884. The zero-order valence-electron chi connectivity index (χ0n) is 8.75. The lowest BCUT2D eigenvalue weighted by Gasteiger charge is -1.99. The first-order valence-corrected chi connectivity index (χ1v) is 4.72. The Balaban J connectivity index is 2.97. The second kappa shape index (κ2) is 5.65. The molecule has 5 heteroatoms. The van der Waals surface area contributed by atoms with Crippen molar-refractivity contribution in [2.75, 3.05) is 6.61 Å². The second-order valence-corrected chi connectivity index (χ2v) is 2.91. The SMILES string of the molecule is CCOC=C(C(=O)c1ccccc1)[N+](=O)[O-]. The normalized spacial score (nSPS) is 10.9. The van der Waals surface area contributed by atoms with Crippen molar-refractivity contribution in [3.05, 3.63) is 58.0 Å². The Hall–Kier alpha value is -2.17. The lowest BCUT2D eigenvalue weighted by molar-refractivity contribution is -0.418. The summed E-state index contributed by atoms with van der Waals surface area (Å²) in [6.45, 7) is 1.96. The number of allylic oxidation sites excluding steroid dienone is 1. The molecule has 0 atom stereocenters. The summed E-state index contributed by atoms with van der Waals surface area (Å²) < 4.78 is 4.78. The molecular formula is C11H11NO4. The van der Waals surface area contributed by atoms with Crippen LogP contribution in [0.5, 0.6) is 0 Å². The van der Waals surface area contributed by atoms with Crippen LogP contribution in [0.2, 0.25) is 0 Å². The number of Topliss-reactive ketones (excluding diaryl/α,β-unsaturated/α-hetero) is 1. The fourth-order valence-corrected chi connectivity index (χ4v) is 1.08. The minimum Gasteiger partial charge on any atom is -0.494 e. The number of carbonyl (C=O) groups is 1. The quantitative estimate of drug-likeness (QED) is 0.251. The van der Waals surface area contributed by atoms with Crippen LogP contribution in [-0.4, -0.2) is 17.3 Å². The number of nitro groups is 1. The summed E-state index contributed by atoms with van der Waals surface area (Å²) in [7, 11) is 0. The van der Waals surface area contributed by atoms with E-state index in [2.05, 4.69) is 0 Å². The molecule has 0 radical (unpaired) electrons. The number of rotatable bonds is 5. The van der Waals surface area contributed by atoms with Crippen LogP contribution in [0.25, 0.3) is 0 Å². The number of ether oxygens (including phenoxy) is 1. The summed E-state index contributed by atoms with van der Waals surface area (Å²) in [4.78, 5) is 21.6. The molecule has 1 aromatic rings. The molecule has 0 N–H and O–H groups in total. The van der Waals surface area contributed by atoms with Gasteiger partial charge in [-0.3, -0.25) is 14.9 Å². The third-order valence-electron chi connectivity index (χ3n) is 1.83. The van der Waals surface area contributed by atoms with Crippen LogP contribution < -0.4 is 0 Å². The number of benzene rings is 1. The summed E-state index contributed by atoms with van der Waals surface area (Å²) in [5, 5.41) is 10.7. The van der Waals surface area contributed by atoms with Crippen LogP contribution >= 0.6 is 0 Å². The minimum atomic E-state index is -0.745. The first kappa shape index (κ1) is 11.9. The van der Waals surface area contributed by atoms with E-state index < -0.39 is 16.4 Å². The van der Waals surface area contributed by atoms with Crippen molar-refractivity contribution >= 4 is 5.78 Å². The maximum absolute atomic E-state index is 11.7. The number of ketones is 1. The number of hydrogen-bond acceptors (Lipinski definition) is 4. The van der Waals surface area contributed by atoms with Gasteiger partial charge in [0.05, 0.1) is 11.5 Å². The van der Waals surface area contributed by atoms with Crippen molar-refractivity contribution in [3.63, 3.8) is 0 Å². The van der Waals surface area contributed by atoms with Crippen LogP contribution in [0.1, 0.15) is 17.3 Å². The molecule has 0 heterocycles. The highest BCUT2D eigenvalue weighted by atomic mass is 16.6. The van der Waals surface area contributed by atoms with E-state index >= 15 is 0 Å². The van der Waals surface area contributed by atoms with Gasteiger partial charge in [-0.2, -0.15) is 0 Å². The summed E-state index contributed by atoms with van der Waals surface area (Å²) >= 11 is 0. The Kier molecular flexibility index (Phi) is 4.20. The van der Waals surface area contributed by atoms with Gasteiger partial charge in [0, 0.05) is 5.56 Å². The molecule has 1 aromatic carbocycles. The molecule has 0 fully saturated rings. The zero-order valence-corrected chi connectivity index (χ0v) is 8.75. The highest BCUT2D eigenvalue weighted by Crippen LogP contribution is 2.08. The van der Waals surface area contributed by atoms with Gasteiger partial charge < -0.3 is 4.74 Å². The lowest BCUT2D eigenvalue weighted by atomic mass is 10.1. The smallest absolute Gasteiger partial charge is 0.350 e. The standard InChI is InChI=1S/C11H11NO4/c1-2-16-8-10(12(14)15)11(13)9-6-4-3-5-7-9/h3-8H,2H2,1H3. The van der Waals surface area contributed by atoms with Crippen molar-refractivity contribution in [1.29, 1.82) is 0 Å². The van der Waals surface area contributed by atoms with Crippen LogP contribution in [-0.2, 0) is 4.74 Å². The summed E-state index contributed by atoms with van der Waals surface area (Å²) in [5.41, 5.74) is -0.293. The number of hydrogen-bond donors (Lipinski definition) is 0. The Labute approximate surface area is 92.5 Å². The highest BCUT2D eigenvalue weighted by Gasteiger charge is 2.23. The largest absolute Gasteiger partial charge is 0.494 e. The Morgan fingerprint density at radius 2 is 2.06 bits per heavy atom. The molecule has 0 saturated heterocycles. The second-order valence-electron chi connectivity index (χ2n) is 2.91. The van der Waals surface area contributed by atoms with E-state index in [0.717, 1.165) is 6.26 Å². The monoisotopic (exact) mass is 221 g/mol. The van der Waals surface area contributed by atoms with Crippen LogP contribution in [0, 0.1) is 10.1 Å². The summed E-state index contributed by atoms with van der Waals surface area (Å²) in [5.74, 6) is -0.654. The van der Waals surface area contributed by atoms with E-state index in [1.54, 1.807) is 25.1 Å². The Bertz CT molecular complexity index is 411. The minimum absolute atomic E-state index is 0.269. The molecule has 5 nitrogen and oxygen atoms in total. The highest BCUT2D eigenvalue weighted by molar-refractivity contribution is 6.06. The molecule has 16 heavy (non-hydrogen) atoms. The van der Waals surface area contributed by atoms with E-state index in [-0.39, 0.29) is 12.2 Å². The van der Waals surface area contributed by atoms with Gasteiger partial charge in [0.2, 0.25) is 0 Å². The molecule has 0 aromatic heterocycles. The molecule has 0 amide bonds. The average molecular weight is 221 g/mol. The van der Waals surface area contributed by atoms with Crippen molar-refractivity contribution in [3.8, 4) is 0 Å². The molecule has 0 aliphatic rings. The van der Waals surface area contributed by atoms with Crippen molar-refractivity contribution < 1.29 is 14.5 Å². The molecule has 1 rings (SSSR count). The fourth-order valence-electron chi connectivity index (χ4n) is 1.08. The van der Waals surface area contributed by atoms with Gasteiger partial charge in [-0.25, -0.2) is 0 Å². The molecule has 84 valence electrons. The van der Waals surface area contributed by atoms with Gasteiger partial charge >= 0.3 is 5.70 Å². The van der Waals surface area contributed by atoms with Crippen LogP contribution in [0.4, 0.5) is 0 Å². The molecule has 0 bridgehead atoms. The van der Waals surface area contributed by atoms with Gasteiger partial charge in [0.15, 0.2) is 6.26 Å². The van der Waals surface area contributed by atoms with Gasteiger partial charge in [-0.05, 0) is 6.92 Å². The van der Waals surface area contributed by atoms with Crippen LogP contribution in [0.15, 0.2) is 42.3 Å². The predicted molar refractivity (Wildman–Crippen MR) is 57.5 cm³/mol. The lowest BCUT2D eigenvalue weighted by Crippen LogP contribution is -2.12. The van der Waals surface area contributed by atoms with Crippen molar-refractivity contribution in [1.82, 2.24) is 0 Å². The maximum atomic E-state index is 11.7.